The summed E-state index contributed by atoms with van der Waals surface area (Å²) >= 11 is 1.32. The lowest BCUT2D eigenvalue weighted by atomic mass is 10.1. The van der Waals surface area contributed by atoms with Crippen LogP contribution in [0.25, 0.3) is 5.69 Å². The van der Waals surface area contributed by atoms with Gasteiger partial charge in [0.25, 0.3) is 0 Å². The average molecular weight is 633 g/mol. The van der Waals surface area contributed by atoms with Crippen molar-refractivity contribution in [2.75, 3.05) is 18.2 Å². The smallest absolute Gasteiger partial charge is 0.485 e. The van der Waals surface area contributed by atoms with E-state index in [9.17, 15) is 22.4 Å². The Hall–Kier alpha value is -4.63. The third kappa shape index (κ3) is 9.44. The molecule has 0 bridgehead atoms. The van der Waals surface area contributed by atoms with Crippen LogP contribution in [-0.4, -0.2) is 45.2 Å². The predicted molar refractivity (Wildman–Crippen MR) is 158 cm³/mol. The molecule has 4 rings (SSSR count). The van der Waals surface area contributed by atoms with Gasteiger partial charge in [-0.05, 0) is 60.7 Å². The average Bonchev–Trinajstić information content (AvgIpc) is 3.43. The van der Waals surface area contributed by atoms with Crippen molar-refractivity contribution in [3.63, 3.8) is 0 Å². The molecular formula is C29H28F4N6O4S. The van der Waals surface area contributed by atoms with Gasteiger partial charge < -0.3 is 19.5 Å². The number of halogens is 4. The van der Waals surface area contributed by atoms with Crippen molar-refractivity contribution in [3.8, 4) is 17.2 Å². The molecule has 232 valence electrons. The number of urea groups is 1. The Bertz CT molecular complexity index is 1610. The van der Waals surface area contributed by atoms with E-state index in [0.29, 0.717) is 28.9 Å². The van der Waals surface area contributed by atoms with E-state index in [0.717, 1.165) is 29.3 Å². The van der Waals surface area contributed by atoms with E-state index in [-0.39, 0.29) is 29.6 Å². The zero-order valence-corrected chi connectivity index (χ0v) is 24.6. The van der Waals surface area contributed by atoms with Crippen molar-refractivity contribution < 1.29 is 36.6 Å². The molecule has 15 heteroatoms. The largest absolute Gasteiger partial charge is 0.573 e. The second-order valence-electron chi connectivity index (χ2n) is 9.07. The number of methoxy groups -OCH3 is 1. The molecule has 1 heterocycles. The second-order valence-corrected chi connectivity index (χ2v) is 10.3. The summed E-state index contributed by atoms with van der Waals surface area (Å²) in [4.78, 5) is 21.4. The molecule has 0 atom stereocenters. The quantitative estimate of drug-likeness (QED) is 0.111. The van der Waals surface area contributed by atoms with Crippen molar-refractivity contribution in [2.45, 2.75) is 33.4 Å². The summed E-state index contributed by atoms with van der Waals surface area (Å²) in [6, 6.07) is 14.1. The number of carbonyl (C=O) groups excluding carboxylic acids is 1. The number of hydrogen-bond donors (Lipinski definition) is 2. The maximum atomic E-state index is 14.8. The molecule has 44 heavy (non-hydrogen) atoms. The Labute approximate surface area is 254 Å². The highest BCUT2D eigenvalue weighted by atomic mass is 32.2. The predicted octanol–water partition coefficient (Wildman–Crippen LogP) is 6.90. The van der Waals surface area contributed by atoms with Gasteiger partial charge in [0.05, 0.1) is 23.7 Å². The number of nitrogens with one attached hydrogen (secondary N) is 2. The maximum absolute atomic E-state index is 14.8. The molecule has 0 saturated carbocycles. The molecule has 0 aliphatic carbocycles. The molecule has 1 aromatic heterocycles. The monoisotopic (exact) mass is 632 g/mol. The van der Waals surface area contributed by atoms with Crippen LogP contribution in [0.5, 0.6) is 11.5 Å². The van der Waals surface area contributed by atoms with Gasteiger partial charge in [0.1, 0.15) is 30.3 Å². The second kappa shape index (κ2) is 14.7. The van der Waals surface area contributed by atoms with Crippen LogP contribution >= 0.6 is 11.8 Å². The Balaban J connectivity index is 1.35. The van der Waals surface area contributed by atoms with Crippen LogP contribution in [0.3, 0.4) is 0 Å². The third-order valence-corrected chi connectivity index (χ3v) is 6.45. The normalized spacial score (nSPS) is 11.8. The molecule has 0 unspecified atom stereocenters. The van der Waals surface area contributed by atoms with Crippen molar-refractivity contribution in [1.29, 1.82) is 0 Å². The van der Waals surface area contributed by atoms with Gasteiger partial charge in [-0.2, -0.15) is 0 Å². The number of amidine groups is 1. The number of ether oxygens (including phenoxy) is 3. The highest BCUT2D eigenvalue weighted by Crippen LogP contribution is 2.25. The number of carbonyl (C=O) groups is 1. The number of thioether (sulfide) groups is 1. The first-order valence-electron chi connectivity index (χ1n) is 13.1. The van der Waals surface area contributed by atoms with Crippen LogP contribution in [0, 0.1) is 12.7 Å². The fourth-order valence-corrected chi connectivity index (χ4v) is 4.37. The molecule has 0 saturated heterocycles. The number of aliphatic imine (C=N–C) groups is 1. The molecule has 0 fully saturated rings. The topological polar surface area (TPSA) is 112 Å². The minimum atomic E-state index is -4.79. The van der Waals surface area contributed by atoms with Crippen LogP contribution in [0.4, 0.5) is 33.7 Å². The lowest BCUT2D eigenvalue weighted by Gasteiger charge is -2.12. The zero-order valence-electron chi connectivity index (χ0n) is 23.8. The van der Waals surface area contributed by atoms with E-state index in [2.05, 4.69) is 30.4 Å². The number of benzene rings is 3. The fraction of sp³-hybridized carbons (Fsp3) is 0.241. The number of aromatic nitrogens is 3. The van der Waals surface area contributed by atoms with Gasteiger partial charge in [0.2, 0.25) is 0 Å². The van der Waals surface area contributed by atoms with Crippen LogP contribution in [0.1, 0.15) is 23.9 Å². The Kier molecular flexibility index (Phi) is 10.8. The van der Waals surface area contributed by atoms with Crippen molar-refractivity contribution in [3.05, 3.63) is 89.8 Å². The molecule has 0 radical (unpaired) electrons. The van der Waals surface area contributed by atoms with E-state index >= 15 is 0 Å². The van der Waals surface area contributed by atoms with Gasteiger partial charge >= 0.3 is 12.4 Å². The Morgan fingerprint density at radius 1 is 1.05 bits per heavy atom. The van der Waals surface area contributed by atoms with Gasteiger partial charge in [0.15, 0.2) is 11.0 Å². The number of aryl methyl sites for hydroxylation is 1. The molecule has 2 N–H and O–H groups in total. The summed E-state index contributed by atoms with van der Waals surface area (Å²) in [7, 11) is 1.59. The molecule has 0 spiro atoms. The maximum Gasteiger partial charge on any atom is 0.573 e. The number of rotatable bonds is 10. The highest BCUT2D eigenvalue weighted by molar-refractivity contribution is 8.13. The van der Waals surface area contributed by atoms with Crippen LogP contribution in [0.2, 0.25) is 0 Å². The van der Waals surface area contributed by atoms with E-state index in [1.165, 1.54) is 47.0 Å². The first kappa shape index (κ1) is 32.3. The lowest BCUT2D eigenvalue weighted by Crippen LogP contribution is -2.33. The molecule has 4 aromatic rings. The van der Waals surface area contributed by atoms with E-state index in [1.54, 1.807) is 7.11 Å². The van der Waals surface area contributed by atoms with E-state index in [1.807, 2.05) is 32.0 Å². The SMILES string of the molecule is CCSC(=Nc1cc(C)ccc1COC)NC(=O)Nc1ccc(OCc2ncn(-c3ccc(OC(F)(F)F)cc3)n2)cc1F. The van der Waals surface area contributed by atoms with Crippen molar-refractivity contribution in [1.82, 2.24) is 20.1 Å². The van der Waals surface area contributed by atoms with Gasteiger partial charge in [0, 0.05) is 18.7 Å². The van der Waals surface area contributed by atoms with Crippen molar-refractivity contribution in [2.24, 2.45) is 4.99 Å². The fourth-order valence-electron chi connectivity index (χ4n) is 3.77. The molecule has 3 aromatic carbocycles. The van der Waals surface area contributed by atoms with E-state index < -0.39 is 18.2 Å². The molecule has 2 amide bonds. The Morgan fingerprint density at radius 3 is 2.48 bits per heavy atom. The number of hydrogen-bond acceptors (Lipinski definition) is 8. The lowest BCUT2D eigenvalue weighted by molar-refractivity contribution is -0.274. The summed E-state index contributed by atoms with van der Waals surface area (Å²) in [5.41, 5.74) is 2.87. The minimum Gasteiger partial charge on any atom is -0.485 e. The first-order valence-corrected chi connectivity index (χ1v) is 14.1. The minimum absolute atomic E-state index is 0.0771. The summed E-state index contributed by atoms with van der Waals surface area (Å²) in [6.07, 6.45) is -3.43. The molecule has 10 nitrogen and oxygen atoms in total. The summed E-state index contributed by atoms with van der Waals surface area (Å²) in [5.74, 6) is -0.0617. The first-order chi connectivity index (χ1) is 21.0. The number of anilines is 1. The summed E-state index contributed by atoms with van der Waals surface area (Å²) < 4.78 is 67.9. The summed E-state index contributed by atoms with van der Waals surface area (Å²) in [5, 5.41) is 9.69. The van der Waals surface area contributed by atoms with Crippen molar-refractivity contribution >= 4 is 34.3 Å². The van der Waals surface area contributed by atoms with Crippen LogP contribution in [0.15, 0.2) is 72.0 Å². The Morgan fingerprint density at radius 2 is 1.80 bits per heavy atom. The summed E-state index contributed by atoms with van der Waals surface area (Å²) in [6.45, 7) is 4.08. The van der Waals surface area contributed by atoms with Gasteiger partial charge in [-0.25, -0.2) is 23.8 Å². The van der Waals surface area contributed by atoms with Gasteiger partial charge in [-0.15, -0.1) is 18.3 Å². The van der Waals surface area contributed by atoms with E-state index in [4.69, 9.17) is 9.47 Å². The van der Waals surface area contributed by atoms with Gasteiger partial charge in [-0.1, -0.05) is 30.8 Å². The molecule has 0 aliphatic heterocycles. The number of amides is 2. The number of alkyl halides is 3. The standard InChI is InChI=1S/C29H28F4N6O4S/c1-4-44-28(36-25-13-18(2)5-6-19(25)15-41-3)37-27(40)35-24-12-11-22(14-23(24)30)42-16-26-34-17-39(38-26)20-7-9-21(10-8-20)43-29(31,32)33/h5-14,17H,4,15-16H2,1-3H3,(H2,35,36,37,40). The van der Waals surface area contributed by atoms with Crippen LogP contribution < -0.4 is 20.1 Å². The molecular weight excluding hydrogens is 604 g/mol. The zero-order chi connectivity index (χ0) is 31.7. The third-order valence-electron chi connectivity index (χ3n) is 5.69. The molecule has 0 aliphatic rings. The van der Waals surface area contributed by atoms with Gasteiger partial charge in [-0.3, -0.25) is 5.32 Å². The highest BCUT2D eigenvalue weighted by Gasteiger charge is 2.31. The number of nitrogens with zero attached hydrogens (tertiary/aromatic N) is 4. The van der Waals surface area contributed by atoms with Crippen LogP contribution in [-0.2, 0) is 18.0 Å².